The van der Waals surface area contributed by atoms with Crippen molar-refractivity contribution in [3.8, 4) is 0 Å². The van der Waals surface area contributed by atoms with Crippen molar-refractivity contribution in [2.24, 2.45) is 5.92 Å². The molecule has 1 aliphatic heterocycles. The average molecular weight is 343 g/mol. The van der Waals surface area contributed by atoms with Crippen LogP contribution in [0, 0.1) is 10.7 Å². The minimum absolute atomic E-state index is 0.774. The van der Waals surface area contributed by atoms with Gasteiger partial charge in [-0.15, -0.1) is 0 Å². The highest BCUT2D eigenvalue weighted by atomic mass is 79.9. The van der Waals surface area contributed by atoms with E-state index in [1.165, 1.54) is 29.9 Å². The molecule has 1 aliphatic rings. The molecule has 1 aromatic heterocycles. The fourth-order valence-electron chi connectivity index (χ4n) is 2.49. The standard InChI is InChI=1S/C13H15BrN2S2/c14-10-1-2-11-12(7-10)16(13(17)15-11)8-9-3-5-18-6-4-9/h1-2,7,9H,3-6,8H2,(H,15,17). The van der Waals surface area contributed by atoms with Crippen LogP contribution in [0.3, 0.4) is 0 Å². The molecule has 0 atom stereocenters. The highest BCUT2D eigenvalue weighted by Gasteiger charge is 2.16. The number of nitrogens with one attached hydrogen (secondary N) is 1. The fraction of sp³-hybridized carbons (Fsp3) is 0.462. The number of hydrogen-bond donors (Lipinski definition) is 1. The number of aromatic nitrogens is 2. The highest BCUT2D eigenvalue weighted by molar-refractivity contribution is 9.10. The minimum Gasteiger partial charge on any atom is -0.331 e. The monoisotopic (exact) mass is 342 g/mol. The van der Waals surface area contributed by atoms with E-state index in [1.807, 2.05) is 0 Å². The van der Waals surface area contributed by atoms with Crippen molar-refractivity contribution in [2.75, 3.05) is 11.5 Å². The molecular weight excluding hydrogens is 328 g/mol. The number of nitrogens with zero attached hydrogens (tertiary/aromatic N) is 1. The summed E-state index contributed by atoms with van der Waals surface area (Å²) in [7, 11) is 0. The number of benzene rings is 1. The van der Waals surface area contributed by atoms with Crippen molar-refractivity contribution < 1.29 is 0 Å². The van der Waals surface area contributed by atoms with Gasteiger partial charge in [-0.2, -0.15) is 11.8 Å². The first kappa shape index (κ1) is 12.8. The van der Waals surface area contributed by atoms with Crippen molar-refractivity contribution in [1.29, 1.82) is 0 Å². The average Bonchev–Trinajstić information content (AvgIpc) is 2.67. The molecule has 1 N–H and O–H groups in total. The molecule has 2 aromatic rings. The SMILES string of the molecule is S=c1[nH]c2ccc(Br)cc2n1CC1CCSCC1. The normalized spacial score (nSPS) is 17.4. The number of imidazole rings is 1. The van der Waals surface area contributed by atoms with Gasteiger partial charge in [0, 0.05) is 11.0 Å². The van der Waals surface area contributed by atoms with E-state index in [4.69, 9.17) is 12.2 Å². The van der Waals surface area contributed by atoms with Gasteiger partial charge in [-0.3, -0.25) is 0 Å². The zero-order valence-corrected chi connectivity index (χ0v) is 13.2. The largest absolute Gasteiger partial charge is 0.331 e. The predicted molar refractivity (Wildman–Crippen MR) is 84.9 cm³/mol. The Balaban J connectivity index is 1.97. The van der Waals surface area contributed by atoms with Crippen LogP contribution < -0.4 is 0 Å². The van der Waals surface area contributed by atoms with Crippen LogP contribution in [0.4, 0.5) is 0 Å². The van der Waals surface area contributed by atoms with Gasteiger partial charge in [0.15, 0.2) is 4.77 Å². The smallest absolute Gasteiger partial charge is 0.178 e. The maximum Gasteiger partial charge on any atom is 0.178 e. The summed E-state index contributed by atoms with van der Waals surface area (Å²) in [6, 6.07) is 6.29. The van der Waals surface area contributed by atoms with Crippen molar-refractivity contribution in [1.82, 2.24) is 9.55 Å². The molecule has 2 heterocycles. The number of thioether (sulfide) groups is 1. The lowest BCUT2D eigenvalue weighted by Gasteiger charge is -2.21. The molecule has 96 valence electrons. The maximum absolute atomic E-state index is 5.45. The van der Waals surface area contributed by atoms with Gasteiger partial charge in [0.1, 0.15) is 0 Å². The summed E-state index contributed by atoms with van der Waals surface area (Å²) >= 11 is 11.1. The number of halogens is 1. The van der Waals surface area contributed by atoms with E-state index in [2.05, 4.69) is 55.4 Å². The Morgan fingerprint density at radius 3 is 2.94 bits per heavy atom. The molecule has 5 heteroatoms. The Morgan fingerprint density at radius 2 is 2.17 bits per heavy atom. The Bertz CT molecular complexity index is 611. The summed E-state index contributed by atoms with van der Waals surface area (Å²) in [5.74, 6) is 3.37. The van der Waals surface area contributed by atoms with Gasteiger partial charge in [-0.25, -0.2) is 0 Å². The van der Waals surface area contributed by atoms with Crippen molar-refractivity contribution in [2.45, 2.75) is 19.4 Å². The first-order valence-corrected chi connectivity index (χ1v) is 8.55. The summed E-state index contributed by atoms with van der Waals surface area (Å²) in [6.07, 6.45) is 2.63. The van der Waals surface area contributed by atoms with Crippen molar-refractivity contribution in [3.05, 3.63) is 27.4 Å². The van der Waals surface area contributed by atoms with Gasteiger partial charge < -0.3 is 9.55 Å². The molecule has 3 rings (SSSR count). The maximum atomic E-state index is 5.45. The van der Waals surface area contributed by atoms with Crippen molar-refractivity contribution >= 4 is 50.9 Å². The van der Waals surface area contributed by atoms with E-state index in [9.17, 15) is 0 Å². The summed E-state index contributed by atoms with van der Waals surface area (Å²) < 4.78 is 4.22. The van der Waals surface area contributed by atoms with E-state index in [-0.39, 0.29) is 0 Å². The van der Waals surface area contributed by atoms with E-state index in [1.54, 1.807) is 0 Å². The summed E-state index contributed by atoms with van der Waals surface area (Å²) in [4.78, 5) is 3.30. The van der Waals surface area contributed by atoms with Crippen LogP contribution in [-0.2, 0) is 6.54 Å². The second kappa shape index (κ2) is 5.39. The molecule has 0 saturated carbocycles. The molecule has 0 spiro atoms. The van der Waals surface area contributed by atoms with E-state index in [0.29, 0.717) is 0 Å². The van der Waals surface area contributed by atoms with Gasteiger partial charge in [-0.05, 0) is 60.7 Å². The quantitative estimate of drug-likeness (QED) is 0.804. The number of H-pyrrole nitrogens is 1. The van der Waals surface area contributed by atoms with Gasteiger partial charge in [0.25, 0.3) is 0 Å². The first-order chi connectivity index (χ1) is 8.74. The van der Waals surface area contributed by atoms with Crippen LogP contribution >= 0.6 is 39.9 Å². The summed E-state index contributed by atoms with van der Waals surface area (Å²) in [5, 5.41) is 0. The van der Waals surface area contributed by atoms with Gasteiger partial charge in [0.2, 0.25) is 0 Å². The van der Waals surface area contributed by atoms with Crippen LogP contribution in [0.15, 0.2) is 22.7 Å². The molecule has 0 amide bonds. The highest BCUT2D eigenvalue weighted by Crippen LogP contribution is 2.26. The van der Waals surface area contributed by atoms with E-state index in [0.717, 1.165) is 27.2 Å². The Hall–Kier alpha value is -0.260. The van der Waals surface area contributed by atoms with E-state index < -0.39 is 0 Å². The summed E-state index contributed by atoms with van der Waals surface area (Å²) in [5.41, 5.74) is 2.35. The predicted octanol–water partition coefficient (Wildman–Crippen LogP) is 4.60. The van der Waals surface area contributed by atoms with Crippen LogP contribution in [0.1, 0.15) is 12.8 Å². The number of rotatable bonds is 2. The number of aromatic amines is 1. The minimum atomic E-state index is 0.774. The molecule has 0 radical (unpaired) electrons. The Kier molecular flexibility index (Phi) is 3.82. The zero-order valence-electron chi connectivity index (χ0n) is 9.99. The molecular formula is C13H15BrN2S2. The number of hydrogen-bond acceptors (Lipinski definition) is 2. The van der Waals surface area contributed by atoms with Gasteiger partial charge in [0.05, 0.1) is 11.0 Å². The Morgan fingerprint density at radius 1 is 1.39 bits per heavy atom. The molecule has 0 unspecified atom stereocenters. The van der Waals surface area contributed by atoms with Gasteiger partial charge in [-0.1, -0.05) is 15.9 Å². The van der Waals surface area contributed by atoms with Gasteiger partial charge >= 0.3 is 0 Å². The molecule has 0 bridgehead atoms. The van der Waals surface area contributed by atoms with Crippen LogP contribution in [-0.4, -0.2) is 21.1 Å². The Labute approximate surface area is 124 Å². The molecule has 1 saturated heterocycles. The number of fused-ring (bicyclic) bond motifs is 1. The second-order valence-electron chi connectivity index (χ2n) is 4.76. The first-order valence-electron chi connectivity index (χ1n) is 6.20. The lowest BCUT2D eigenvalue weighted by Crippen LogP contribution is -2.16. The zero-order chi connectivity index (χ0) is 12.5. The third kappa shape index (κ3) is 2.53. The topological polar surface area (TPSA) is 20.7 Å². The fourth-order valence-corrected chi connectivity index (χ4v) is 4.33. The van der Waals surface area contributed by atoms with Crippen molar-refractivity contribution in [3.63, 3.8) is 0 Å². The van der Waals surface area contributed by atoms with E-state index >= 15 is 0 Å². The molecule has 1 aromatic carbocycles. The molecule has 1 fully saturated rings. The molecule has 2 nitrogen and oxygen atoms in total. The van der Waals surface area contributed by atoms with Crippen LogP contribution in [0.2, 0.25) is 0 Å². The lowest BCUT2D eigenvalue weighted by atomic mass is 10.0. The summed E-state index contributed by atoms with van der Waals surface area (Å²) in [6.45, 7) is 1.05. The second-order valence-corrected chi connectivity index (χ2v) is 7.29. The molecule has 0 aliphatic carbocycles. The lowest BCUT2D eigenvalue weighted by molar-refractivity contribution is 0.420. The third-order valence-electron chi connectivity index (χ3n) is 3.52. The third-order valence-corrected chi connectivity index (χ3v) is 5.38. The molecule has 18 heavy (non-hydrogen) atoms. The van der Waals surface area contributed by atoms with Crippen LogP contribution in [0.25, 0.3) is 11.0 Å². The van der Waals surface area contributed by atoms with Crippen LogP contribution in [0.5, 0.6) is 0 Å².